The molecule has 9 nitrogen and oxygen atoms in total. The molecule has 35 heavy (non-hydrogen) atoms. The number of benzene rings is 2. The van der Waals surface area contributed by atoms with Gasteiger partial charge in [0, 0.05) is 18.7 Å². The molecule has 10 heteroatoms. The van der Waals surface area contributed by atoms with Crippen LogP contribution in [0.25, 0.3) is 0 Å². The van der Waals surface area contributed by atoms with E-state index in [1.807, 2.05) is 6.92 Å². The van der Waals surface area contributed by atoms with E-state index in [-0.39, 0.29) is 23.3 Å². The van der Waals surface area contributed by atoms with Gasteiger partial charge in [-0.05, 0) is 68.3 Å². The second-order valence-corrected chi connectivity index (χ2v) is 10.5. The number of nitrogens with one attached hydrogen (secondary N) is 1. The standard InChI is InChI=1S/C25H29N3O6S/c1-3-34-21-12-10-19(11-13-21)27-24(30)16-23(25(27)31)28(20-6-4-5-7-20)35(32,33)22-14-8-18(9-15-22)26-17(2)29/h8-15,20,23H,3-7,16H2,1-2H3,(H,26,29). The Hall–Kier alpha value is -3.24. The molecule has 0 spiro atoms. The van der Waals surface area contributed by atoms with Gasteiger partial charge in [0.2, 0.25) is 21.8 Å². The molecule has 1 saturated carbocycles. The first kappa shape index (κ1) is 24.9. The van der Waals surface area contributed by atoms with Crippen molar-refractivity contribution in [1.29, 1.82) is 0 Å². The molecule has 1 heterocycles. The van der Waals surface area contributed by atoms with E-state index >= 15 is 0 Å². The molecule has 2 aromatic carbocycles. The lowest BCUT2D eigenvalue weighted by molar-refractivity contribution is -0.122. The molecule has 4 rings (SSSR count). The summed E-state index contributed by atoms with van der Waals surface area (Å²) in [5, 5.41) is 2.61. The van der Waals surface area contributed by atoms with Crippen LogP contribution < -0.4 is 15.0 Å². The topological polar surface area (TPSA) is 113 Å². The van der Waals surface area contributed by atoms with Crippen LogP contribution >= 0.6 is 0 Å². The van der Waals surface area contributed by atoms with Crippen LogP contribution in [0.4, 0.5) is 11.4 Å². The highest BCUT2D eigenvalue weighted by Crippen LogP contribution is 2.36. The predicted molar refractivity (Wildman–Crippen MR) is 131 cm³/mol. The van der Waals surface area contributed by atoms with Crippen LogP contribution in [0.15, 0.2) is 53.4 Å². The fraction of sp³-hybridized carbons (Fsp3) is 0.400. The number of nitrogens with zero attached hydrogens (tertiary/aromatic N) is 2. The Morgan fingerprint density at radius 2 is 1.69 bits per heavy atom. The van der Waals surface area contributed by atoms with E-state index in [1.54, 1.807) is 24.3 Å². The van der Waals surface area contributed by atoms with Gasteiger partial charge in [0.15, 0.2) is 0 Å². The van der Waals surface area contributed by atoms with Gasteiger partial charge in [-0.15, -0.1) is 0 Å². The van der Waals surface area contributed by atoms with Crippen LogP contribution in [-0.4, -0.2) is 49.1 Å². The lowest BCUT2D eigenvalue weighted by atomic mass is 10.2. The summed E-state index contributed by atoms with van der Waals surface area (Å²) >= 11 is 0. The highest BCUT2D eigenvalue weighted by molar-refractivity contribution is 7.89. The Labute approximate surface area is 205 Å². The van der Waals surface area contributed by atoms with Crippen LogP contribution in [-0.2, 0) is 24.4 Å². The van der Waals surface area contributed by atoms with Gasteiger partial charge in [-0.25, -0.2) is 13.3 Å². The third-order valence-corrected chi connectivity index (χ3v) is 8.25. The number of ether oxygens (including phenoxy) is 1. The second kappa shape index (κ2) is 10.2. The summed E-state index contributed by atoms with van der Waals surface area (Å²) in [6.45, 7) is 3.71. The first-order valence-corrected chi connectivity index (χ1v) is 13.2. The van der Waals surface area contributed by atoms with Gasteiger partial charge in [0.1, 0.15) is 11.8 Å². The number of rotatable bonds is 8. The molecule has 2 aliphatic rings. The molecule has 0 bridgehead atoms. The van der Waals surface area contributed by atoms with Crippen LogP contribution in [0.5, 0.6) is 5.75 Å². The van der Waals surface area contributed by atoms with Crippen molar-refractivity contribution < 1.29 is 27.5 Å². The molecule has 1 N–H and O–H groups in total. The maximum Gasteiger partial charge on any atom is 0.252 e. The molecule has 0 radical (unpaired) electrons. The monoisotopic (exact) mass is 499 g/mol. The lowest BCUT2D eigenvalue weighted by Crippen LogP contribution is -2.49. The van der Waals surface area contributed by atoms with E-state index in [0.29, 0.717) is 36.6 Å². The molecule has 1 saturated heterocycles. The SMILES string of the molecule is CCOc1ccc(N2C(=O)CC(N(C3CCCC3)S(=O)(=O)c3ccc(NC(C)=O)cc3)C2=O)cc1. The molecule has 1 atom stereocenters. The first-order valence-electron chi connectivity index (χ1n) is 11.7. The number of hydrogen-bond acceptors (Lipinski definition) is 6. The number of carbonyl (C=O) groups excluding carboxylic acids is 3. The van der Waals surface area contributed by atoms with E-state index in [0.717, 1.165) is 17.7 Å². The highest BCUT2D eigenvalue weighted by atomic mass is 32.2. The number of amides is 3. The number of carbonyl (C=O) groups is 3. The van der Waals surface area contributed by atoms with Crippen molar-refractivity contribution in [2.24, 2.45) is 0 Å². The minimum atomic E-state index is -4.09. The van der Waals surface area contributed by atoms with Crippen LogP contribution in [0.2, 0.25) is 0 Å². The summed E-state index contributed by atoms with van der Waals surface area (Å²) in [7, 11) is -4.09. The van der Waals surface area contributed by atoms with Gasteiger partial charge in [-0.1, -0.05) is 12.8 Å². The van der Waals surface area contributed by atoms with Gasteiger partial charge in [0.05, 0.1) is 23.6 Å². The third-order valence-electron chi connectivity index (χ3n) is 6.27. The van der Waals surface area contributed by atoms with Crippen LogP contribution in [0, 0.1) is 0 Å². The van der Waals surface area contributed by atoms with Gasteiger partial charge in [0.25, 0.3) is 5.91 Å². The summed E-state index contributed by atoms with van der Waals surface area (Å²) < 4.78 is 34.3. The van der Waals surface area contributed by atoms with E-state index in [1.165, 1.54) is 35.5 Å². The number of sulfonamides is 1. The average molecular weight is 500 g/mol. The quantitative estimate of drug-likeness (QED) is 0.558. The van der Waals surface area contributed by atoms with E-state index < -0.39 is 27.9 Å². The minimum absolute atomic E-state index is 0.0123. The number of imide groups is 1. The summed E-state index contributed by atoms with van der Waals surface area (Å²) in [4.78, 5) is 38.8. The molecule has 186 valence electrons. The highest BCUT2D eigenvalue weighted by Gasteiger charge is 2.49. The second-order valence-electron chi connectivity index (χ2n) is 8.69. The molecular weight excluding hydrogens is 470 g/mol. The zero-order valence-electron chi connectivity index (χ0n) is 19.8. The average Bonchev–Trinajstić information content (AvgIpc) is 3.43. The van der Waals surface area contributed by atoms with Crippen molar-refractivity contribution in [3.8, 4) is 5.75 Å². The molecule has 0 aromatic heterocycles. The Kier molecular flexibility index (Phi) is 7.23. The zero-order valence-corrected chi connectivity index (χ0v) is 20.6. The molecule has 1 unspecified atom stereocenters. The zero-order chi connectivity index (χ0) is 25.2. The number of hydrogen-bond donors (Lipinski definition) is 1. The fourth-order valence-corrected chi connectivity index (χ4v) is 6.58. The largest absolute Gasteiger partial charge is 0.494 e. The summed E-state index contributed by atoms with van der Waals surface area (Å²) in [5.41, 5.74) is 0.854. The minimum Gasteiger partial charge on any atom is -0.494 e. The smallest absolute Gasteiger partial charge is 0.252 e. The van der Waals surface area contributed by atoms with Crippen molar-refractivity contribution in [3.63, 3.8) is 0 Å². The van der Waals surface area contributed by atoms with E-state index in [9.17, 15) is 22.8 Å². The summed E-state index contributed by atoms with van der Waals surface area (Å²) in [6.07, 6.45) is 2.76. The summed E-state index contributed by atoms with van der Waals surface area (Å²) in [6, 6.07) is 11.0. The fourth-order valence-electron chi connectivity index (χ4n) is 4.76. The van der Waals surface area contributed by atoms with Crippen molar-refractivity contribution in [2.45, 2.75) is 62.9 Å². The molecule has 3 amide bonds. The Balaban J connectivity index is 1.66. The molecule has 2 aromatic rings. The van der Waals surface area contributed by atoms with Gasteiger partial charge in [-0.3, -0.25) is 14.4 Å². The number of anilines is 2. The normalized spacial score (nSPS) is 18.9. The van der Waals surface area contributed by atoms with Crippen molar-refractivity contribution in [2.75, 3.05) is 16.8 Å². The molecule has 2 fully saturated rings. The van der Waals surface area contributed by atoms with E-state index in [4.69, 9.17) is 4.74 Å². The first-order chi connectivity index (χ1) is 16.7. The summed E-state index contributed by atoms with van der Waals surface area (Å²) in [5.74, 6) is -0.643. The molecule has 1 aliphatic heterocycles. The third kappa shape index (κ3) is 5.08. The Bertz CT molecular complexity index is 1200. The van der Waals surface area contributed by atoms with Crippen molar-refractivity contribution >= 4 is 39.1 Å². The molecular formula is C25H29N3O6S. The van der Waals surface area contributed by atoms with Crippen molar-refractivity contribution in [1.82, 2.24) is 4.31 Å². The Morgan fingerprint density at radius 1 is 1.06 bits per heavy atom. The van der Waals surface area contributed by atoms with Crippen LogP contribution in [0.1, 0.15) is 46.0 Å². The maximum absolute atomic E-state index is 13.8. The van der Waals surface area contributed by atoms with Gasteiger partial charge in [-0.2, -0.15) is 4.31 Å². The van der Waals surface area contributed by atoms with E-state index in [2.05, 4.69) is 5.32 Å². The predicted octanol–water partition coefficient (Wildman–Crippen LogP) is 3.31. The molecule has 1 aliphatic carbocycles. The van der Waals surface area contributed by atoms with Gasteiger partial charge < -0.3 is 10.1 Å². The van der Waals surface area contributed by atoms with Crippen LogP contribution in [0.3, 0.4) is 0 Å². The Morgan fingerprint density at radius 3 is 2.26 bits per heavy atom. The maximum atomic E-state index is 13.8. The van der Waals surface area contributed by atoms with Gasteiger partial charge >= 0.3 is 0 Å². The van der Waals surface area contributed by atoms with Crippen molar-refractivity contribution in [3.05, 3.63) is 48.5 Å². The lowest BCUT2D eigenvalue weighted by Gasteiger charge is -2.32.